The van der Waals surface area contributed by atoms with Gasteiger partial charge in [0, 0.05) is 7.05 Å². The summed E-state index contributed by atoms with van der Waals surface area (Å²) in [5.74, 6) is 0. The van der Waals surface area contributed by atoms with Crippen LogP contribution in [-0.4, -0.2) is 425 Å². The summed E-state index contributed by atoms with van der Waals surface area (Å²) in [5, 5.41) is 22.4. The molecule has 0 aromatic heterocycles. The first kappa shape index (κ1) is 62.7. The Bertz CT molecular complexity index is 3820. The first-order chi connectivity index (χ1) is 48.2. The van der Waals surface area contributed by atoms with Gasteiger partial charge in [-0.1, -0.05) is 0 Å². The highest BCUT2D eigenvalue weighted by Gasteiger charge is 2.74. The Morgan fingerprint density at radius 2 is 0.842 bits per heavy atom. The van der Waals surface area contributed by atoms with Crippen molar-refractivity contribution >= 4 is 91.6 Å². The molecule has 542 valence electrons. The van der Waals surface area contributed by atoms with Crippen LogP contribution in [0.5, 0.6) is 0 Å². The van der Waals surface area contributed by atoms with E-state index in [0.29, 0.717) is 19.2 Å². The van der Waals surface area contributed by atoms with Crippen molar-refractivity contribution in [3.8, 4) is 0 Å². The Balaban J connectivity index is 0.785. The minimum absolute atomic E-state index is 0.239. The molecule has 0 aliphatic carbocycles. The molecule has 14 unspecified atom stereocenters. The second kappa shape index (κ2) is 20.6. The van der Waals surface area contributed by atoms with E-state index in [1.165, 1.54) is 136 Å². The third kappa shape index (κ3) is 7.53. The molecule has 0 radical (unpaired) electrons. The zero-order valence-corrected chi connectivity index (χ0v) is 55.9. The fourth-order valence-corrected chi connectivity index (χ4v) is 19.0. The molecule has 18 fully saturated rings. The molecule has 101 heavy (non-hydrogen) atoms. The van der Waals surface area contributed by atoms with Crippen molar-refractivity contribution in [3.63, 3.8) is 0 Å². The van der Waals surface area contributed by atoms with Crippen LogP contribution in [0.25, 0.3) is 0 Å². The average Bonchev–Trinajstić information content (AvgIpc) is 1.52. The Morgan fingerprint density at radius 1 is 0.356 bits per heavy atom. The van der Waals surface area contributed by atoms with Gasteiger partial charge in [-0.25, -0.2) is 57.5 Å². The van der Waals surface area contributed by atoms with E-state index in [0.717, 1.165) is 0 Å². The van der Waals surface area contributed by atoms with E-state index in [9.17, 15) is 14.4 Å². The lowest BCUT2D eigenvalue weighted by Gasteiger charge is -2.55. The van der Waals surface area contributed by atoms with E-state index in [1.807, 2.05) is 0 Å². The normalized spacial score (nSPS) is 37.9. The van der Waals surface area contributed by atoms with E-state index in [2.05, 4.69) is 37.2 Å². The molecule has 18 heterocycles. The number of amides is 27. The highest BCUT2D eigenvalue weighted by molar-refractivity contribution is 5.92. The van der Waals surface area contributed by atoms with E-state index >= 15 is 57.5 Å². The van der Waals surface area contributed by atoms with Gasteiger partial charge in [0.1, 0.15) is 102 Å². The summed E-state index contributed by atoms with van der Waals surface area (Å²) in [7, 11) is 1.43. The molecule has 17 bridgehead atoms. The predicted octanol–water partition coefficient (Wildman–Crippen LogP) is -7.66. The summed E-state index contributed by atoms with van der Waals surface area (Å²) in [6.07, 6.45) is -11.0. The summed E-state index contributed by atoms with van der Waals surface area (Å²) in [4.78, 5) is 260. The highest BCUT2D eigenvalue weighted by Crippen LogP contribution is 2.51. The van der Waals surface area contributed by atoms with E-state index in [1.54, 1.807) is 34.6 Å². The number of urea groups is 12. The smallest absolute Gasteiger partial charge is 0.321 e. The summed E-state index contributed by atoms with van der Waals surface area (Å²) in [6, 6.07) is -10.2. The maximum absolute atomic E-state index is 15.9. The van der Waals surface area contributed by atoms with Crippen LogP contribution in [0.1, 0.15) is 41.5 Å². The van der Waals surface area contributed by atoms with Gasteiger partial charge in [0.25, 0.3) is 0 Å². The summed E-state index contributed by atoms with van der Waals surface area (Å²) >= 11 is 0. The van der Waals surface area contributed by atoms with Crippen LogP contribution in [-0.2, 0) is 14.4 Å². The molecule has 18 rings (SSSR count). The van der Waals surface area contributed by atoms with Gasteiger partial charge in [-0.2, -0.15) is 0 Å². The van der Waals surface area contributed by atoms with Crippen LogP contribution in [0.4, 0.5) is 57.5 Å². The molecule has 0 spiro atoms. The zero-order chi connectivity index (χ0) is 70.8. The van der Waals surface area contributed by atoms with Crippen molar-refractivity contribution in [2.24, 2.45) is 0 Å². The molecule has 47 heteroatoms. The van der Waals surface area contributed by atoms with Crippen molar-refractivity contribution in [1.29, 1.82) is 0 Å². The molecular weight excluding hydrogens is 1340 g/mol. The van der Waals surface area contributed by atoms with Gasteiger partial charge in [0.05, 0.1) is 71.5 Å². The monoisotopic (exact) mass is 1410 g/mol. The third-order valence-corrected chi connectivity index (χ3v) is 25.1. The van der Waals surface area contributed by atoms with Gasteiger partial charge >= 0.3 is 72.4 Å². The fraction of sp³-hybridized carbons (Fsp3) is 0.722. The molecular formula is C54H76N32O15. The Labute approximate surface area is 573 Å². The lowest BCUT2D eigenvalue weighted by molar-refractivity contribution is -0.157. The van der Waals surface area contributed by atoms with Crippen LogP contribution in [0.15, 0.2) is 0 Å². The minimum Gasteiger partial charge on any atom is -0.321 e. The number of hydrogen-bond acceptors (Lipinski definition) is 20. The lowest BCUT2D eigenvalue weighted by Crippen LogP contribution is -2.78. The van der Waals surface area contributed by atoms with Crippen LogP contribution >= 0.6 is 0 Å². The second-order valence-electron chi connectivity index (χ2n) is 29.3. The summed E-state index contributed by atoms with van der Waals surface area (Å²) in [6.45, 7) is 1.49. The fourth-order valence-electron chi connectivity index (χ4n) is 19.0. The molecule has 0 saturated carbocycles. The number of nitrogens with zero attached hydrogens (tertiary/aromatic N) is 25. The van der Waals surface area contributed by atoms with Crippen LogP contribution in [0, 0.1) is 0 Å². The number of carbonyl (C=O) groups is 15. The van der Waals surface area contributed by atoms with Gasteiger partial charge < -0.3 is 35.1 Å². The number of carbonyl (C=O) groups excluding carboxylic acids is 15. The summed E-state index contributed by atoms with van der Waals surface area (Å²) in [5.41, 5.74) is -6.94. The van der Waals surface area contributed by atoms with Crippen molar-refractivity contribution in [2.75, 3.05) is 120 Å². The molecule has 0 aromatic carbocycles. The maximum Gasteiger partial charge on any atom is 0.326 e. The van der Waals surface area contributed by atoms with E-state index in [4.69, 9.17) is 0 Å². The molecule has 14 atom stereocenters. The SMILES string of the molecule is CC1C2NCN3CC4N5CN6C(=O)N7CN8C(=O)N9CN%10C(=O)N%11CNC(=O)N%12CN%13C(=O)N%14CN(C=O)C%15C(NCN(C)C(=O)N2CNC5=O)N(CN1C=O)C(=O)N%15CNC%14C%13NCN1C(=O)N(CN2C(=O)N(CN5C(=O)N(CNC7(C)C6(C)N(C=O)CN4C3=O)C8C59)C%10C%112)C(C)(C)C%121C. The maximum atomic E-state index is 15.9. The topological polar surface area (TPSA) is 421 Å². The number of rotatable bonds is 3. The molecule has 18 aliphatic rings. The Hall–Kier alpha value is -10.5. The number of nitrogens with one attached hydrogen (secondary N) is 7. The van der Waals surface area contributed by atoms with Gasteiger partial charge in [-0.15, -0.1) is 0 Å². The van der Waals surface area contributed by atoms with Gasteiger partial charge in [0.2, 0.25) is 19.2 Å². The van der Waals surface area contributed by atoms with Crippen LogP contribution < -0.4 is 37.2 Å². The first-order valence-electron chi connectivity index (χ1n) is 33.3. The zero-order valence-electron chi connectivity index (χ0n) is 55.9. The number of hydrogen-bond donors (Lipinski definition) is 7. The lowest BCUT2D eigenvalue weighted by atomic mass is 9.87. The average molecular weight is 1410 g/mol. The third-order valence-electron chi connectivity index (χ3n) is 25.1. The molecule has 18 saturated heterocycles. The quantitative estimate of drug-likeness (QED) is 0.129. The van der Waals surface area contributed by atoms with Gasteiger partial charge in [-0.05, 0) is 41.5 Å². The molecule has 27 amide bonds. The largest absolute Gasteiger partial charge is 0.326 e. The molecule has 18 aliphatic heterocycles. The van der Waals surface area contributed by atoms with Crippen molar-refractivity contribution < 1.29 is 71.9 Å². The predicted molar refractivity (Wildman–Crippen MR) is 326 cm³/mol. The number of fused-ring (bicyclic) bond motifs is 12. The van der Waals surface area contributed by atoms with Crippen molar-refractivity contribution in [2.45, 2.75) is 132 Å². The minimum atomic E-state index is -1.93. The Morgan fingerprint density at radius 3 is 1.50 bits per heavy atom. The van der Waals surface area contributed by atoms with Crippen molar-refractivity contribution in [3.05, 3.63) is 0 Å². The highest BCUT2D eigenvalue weighted by atomic mass is 16.2. The first-order valence-corrected chi connectivity index (χ1v) is 33.3. The van der Waals surface area contributed by atoms with E-state index in [-0.39, 0.29) is 33.2 Å². The molecule has 7 N–H and O–H groups in total. The van der Waals surface area contributed by atoms with Gasteiger partial charge in [-0.3, -0.25) is 139 Å². The molecule has 47 nitrogen and oxygen atoms in total. The van der Waals surface area contributed by atoms with Gasteiger partial charge in [0.15, 0.2) is 30.3 Å². The van der Waals surface area contributed by atoms with Crippen molar-refractivity contribution in [1.82, 2.24) is 160 Å². The van der Waals surface area contributed by atoms with Crippen LogP contribution in [0.2, 0.25) is 0 Å². The van der Waals surface area contributed by atoms with E-state index < -0.39 is 243 Å². The molecule has 0 aromatic rings. The summed E-state index contributed by atoms with van der Waals surface area (Å²) < 4.78 is 0. The Kier molecular flexibility index (Phi) is 12.8. The standard InChI is InChI=1S/C54H76N32O15/c1-28-30-56-10-63-8-29-71-21-86-50(101)85-24-81-36-38-77(45(96)70(36)15-61-52(85,4)54(86,6)66(27-89)18-72(29)42(63)93)20-78-37-35-69(44(95)76(37)19-79(38)48(81)99)13-60-40(91)83-22-75-32(58-14-82-49(100)84(23-80(35)47(78)98)51(2,3)53(82,83)5)31-57-11-68-34(65(26-88)17-73(31)46(75)97)33(74(43(68)94)16-64(28)25-87)55-9-62(7)41(92)67(30)12-59-39(71)90/h25-38,55-58,61H,8-24H2,1-7H3,(H,59,90)(H,60,91). The van der Waals surface area contributed by atoms with Crippen LogP contribution in [0.3, 0.4) is 0 Å². The second-order valence-corrected chi connectivity index (χ2v) is 29.3.